The number of thiazole rings is 1. The molecule has 0 aromatic carbocycles. The molecule has 0 aliphatic heterocycles. The predicted octanol–water partition coefficient (Wildman–Crippen LogP) is 2.73. The van der Waals surface area contributed by atoms with Gasteiger partial charge in [0.1, 0.15) is 0 Å². The van der Waals surface area contributed by atoms with Gasteiger partial charge in [0.2, 0.25) is 0 Å². The normalized spacial score (nSPS) is 12.8. The van der Waals surface area contributed by atoms with Crippen molar-refractivity contribution in [3.63, 3.8) is 0 Å². The second-order valence-corrected chi connectivity index (χ2v) is 5.70. The summed E-state index contributed by atoms with van der Waals surface area (Å²) < 4.78 is 2.10. The highest BCUT2D eigenvalue weighted by atomic mass is 32.1. The van der Waals surface area contributed by atoms with Crippen LogP contribution in [0.3, 0.4) is 0 Å². The van der Waals surface area contributed by atoms with Gasteiger partial charge in [0, 0.05) is 24.0 Å². The van der Waals surface area contributed by atoms with Crippen LogP contribution >= 0.6 is 11.3 Å². The van der Waals surface area contributed by atoms with Crippen LogP contribution in [-0.2, 0) is 19.4 Å². The van der Waals surface area contributed by atoms with E-state index in [1.165, 1.54) is 11.4 Å². The monoisotopic (exact) mass is 278 g/mol. The lowest BCUT2D eigenvalue weighted by molar-refractivity contribution is 0.532. The zero-order chi connectivity index (χ0) is 13.8. The largest absolute Gasteiger partial charge is 0.311 e. The first-order valence-corrected chi connectivity index (χ1v) is 7.70. The van der Waals surface area contributed by atoms with Crippen LogP contribution in [0.5, 0.6) is 0 Å². The lowest BCUT2D eigenvalue weighted by Gasteiger charge is -2.14. The number of aromatic nitrogens is 3. The number of hydrogen-bond donors (Lipinski definition) is 1. The van der Waals surface area contributed by atoms with Gasteiger partial charge in [-0.1, -0.05) is 6.92 Å². The van der Waals surface area contributed by atoms with Crippen molar-refractivity contribution in [1.29, 1.82) is 0 Å². The average molecular weight is 278 g/mol. The number of aryl methyl sites for hydroxylation is 3. The first kappa shape index (κ1) is 14.2. The second-order valence-electron chi connectivity index (χ2n) is 4.63. The molecular formula is C14H22N4S. The van der Waals surface area contributed by atoms with Crippen molar-refractivity contribution < 1.29 is 0 Å². The van der Waals surface area contributed by atoms with E-state index in [1.54, 1.807) is 11.3 Å². The van der Waals surface area contributed by atoms with E-state index in [0.29, 0.717) is 0 Å². The lowest BCUT2D eigenvalue weighted by atomic mass is 10.1. The highest BCUT2D eigenvalue weighted by Gasteiger charge is 2.16. The van der Waals surface area contributed by atoms with Gasteiger partial charge in [0.25, 0.3) is 0 Å². The molecule has 5 heteroatoms. The van der Waals surface area contributed by atoms with Gasteiger partial charge in [-0.3, -0.25) is 4.68 Å². The summed E-state index contributed by atoms with van der Waals surface area (Å²) in [5.74, 6) is 0. The van der Waals surface area contributed by atoms with Crippen LogP contribution in [0.4, 0.5) is 0 Å². The predicted molar refractivity (Wildman–Crippen MR) is 79.6 cm³/mol. The Morgan fingerprint density at radius 2 is 2.21 bits per heavy atom. The molecule has 19 heavy (non-hydrogen) atoms. The molecule has 0 bridgehead atoms. The topological polar surface area (TPSA) is 42.7 Å². The maximum Gasteiger partial charge on any atom is 0.0898 e. The van der Waals surface area contributed by atoms with Crippen molar-refractivity contribution in [2.75, 3.05) is 7.05 Å². The van der Waals surface area contributed by atoms with Crippen molar-refractivity contribution >= 4 is 11.3 Å². The summed E-state index contributed by atoms with van der Waals surface area (Å²) in [6, 6.07) is 2.48. The average Bonchev–Trinajstić information content (AvgIpc) is 3.01. The number of nitrogens with one attached hydrogen (secondary N) is 1. The Kier molecular flexibility index (Phi) is 4.71. The van der Waals surface area contributed by atoms with Crippen LogP contribution in [0.25, 0.3) is 0 Å². The molecule has 2 aromatic rings. The third kappa shape index (κ3) is 3.22. The van der Waals surface area contributed by atoms with E-state index < -0.39 is 0 Å². The van der Waals surface area contributed by atoms with Crippen LogP contribution < -0.4 is 5.32 Å². The molecule has 1 atom stereocenters. The summed E-state index contributed by atoms with van der Waals surface area (Å²) in [6.45, 7) is 7.25. The van der Waals surface area contributed by atoms with E-state index in [4.69, 9.17) is 0 Å². The highest BCUT2D eigenvalue weighted by Crippen LogP contribution is 2.21. The van der Waals surface area contributed by atoms with Crippen molar-refractivity contribution in [2.24, 2.45) is 0 Å². The van der Waals surface area contributed by atoms with Crippen molar-refractivity contribution in [2.45, 2.75) is 46.2 Å². The van der Waals surface area contributed by atoms with Crippen LogP contribution in [-0.4, -0.2) is 21.8 Å². The zero-order valence-corrected chi connectivity index (χ0v) is 12.9. The van der Waals surface area contributed by atoms with Gasteiger partial charge in [-0.15, -0.1) is 11.3 Å². The molecule has 1 unspecified atom stereocenters. The molecule has 0 saturated carbocycles. The van der Waals surface area contributed by atoms with Gasteiger partial charge >= 0.3 is 0 Å². The first-order valence-electron chi connectivity index (χ1n) is 6.82. The molecule has 104 valence electrons. The summed E-state index contributed by atoms with van der Waals surface area (Å²) in [4.78, 5) is 4.59. The Labute approximate surface area is 118 Å². The SMILES string of the molecule is CCc1cc(CC(NC)c2csc(C)n2)n(CC)n1. The van der Waals surface area contributed by atoms with Gasteiger partial charge in [-0.2, -0.15) is 5.10 Å². The maximum absolute atomic E-state index is 4.60. The summed E-state index contributed by atoms with van der Waals surface area (Å²) in [5, 5.41) is 11.2. The summed E-state index contributed by atoms with van der Waals surface area (Å²) in [7, 11) is 1.99. The van der Waals surface area contributed by atoms with E-state index >= 15 is 0 Å². The Balaban J connectivity index is 2.20. The lowest BCUT2D eigenvalue weighted by Crippen LogP contribution is -2.20. The second kappa shape index (κ2) is 6.30. The first-order chi connectivity index (χ1) is 9.17. The van der Waals surface area contributed by atoms with E-state index in [9.17, 15) is 0 Å². The standard InChI is InChI=1S/C14H22N4S/c1-5-11-7-12(18(6-2)17-11)8-13(15-4)14-9-19-10(3)16-14/h7,9,13,15H,5-6,8H2,1-4H3. The fraction of sp³-hybridized carbons (Fsp3) is 0.571. The van der Waals surface area contributed by atoms with Crippen LogP contribution in [0.15, 0.2) is 11.4 Å². The van der Waals surface area contributed by atoms with Gasteiger partial charge in [0.05, 0.1) is 22.4 Å². The van der Waals surface area contributed by atoms with Gasteiger partial charge in [-0.05, 0) is 33.4 Å². The third-order valence-corrected chi connectivity index (χ3v) is 4.12. The van der Waals surface area contributed by atoms with E-state index in [-0.39, 0.29) is 6.04 Å². The summed E-state index contributed by atoms with van der Waals surface area (Å²) in [6.07, 6.45) is 1.92. The Hall–Kier alpha value is -1.20. The summed E-state index contributed by atoms with van der Waals surface area (Å²) >= 11 is 1.70. The Bertz CT molecular complexity index is 529. The molecular weight excluding hydrogens is 256 g/mol. The molecule has 0 saturated heterocycles. The van der Waals surface area contributed by atoms with Gasteiger partial charge in [-0.25, -0.2) is 4.98 Å². The van der Waals surface area contributed by atoms with Crippen LogP contribution in [0.1, 0.15) is 42.0 Å². The summed E-state index contributed by atoms with van der Waals surface area (Å²) in [5.41, 5.74) is 3.58. The fourth-order valence-electron chi connectivity index (χ4n) is 2.23. The van der Waals surface area contributed by atoms with Crippen LogP contribution in [0, 0.1) is 6.92 Å². The quantitative estimate of drug-likeness (QED) is 0.883. The Morgan fingerprint density at radius 1 is 1.42 bits per heavy atom. The van der Waals surface area contributed by atoms with Crippen molar-refractivity contribution in [3.05, 3.63) is 33.5 Å². The molecule has 0 radical (unpaired) electrons. The maximum atomic E-state index is 4.60. The van der Waals surface area contributed by atoms with E-state index in [0.717, 1.165) is 30.1 Å². The molecule has 0 spiro atoms. The minimum Gasteiger partial charge on any atom is -0.311 e. The van der Waals surface area contributed by atoms with Crippen LogP contribution in [0.2, 0.25) is 0 Å². The number of likely N-dealkylation sites (N-methyl/N-ethyl adjacent to an activating group) is 1. The zero-order valence-electron chi connectivity index (χ0n) is 12.1. The molecule has 0 aliphatic carbocycles. The molecule has 0 aliphatic rings. The molecule has 0 amide bonds. The third-order valence-electron chi connectivity index (χ3n) is 3.33. The van der Waals surface area contributed by atoms with Gasteiger partial charge < -0.3 is 5.32 Å². The van der Waals surface area contributed by atoms with Crippen molar-refractivity contribution in [3.8, 4) is 0 Å². The molecule has 2 rings (SSSR count). The minimum absolute atomic E-state index is 0.261. The van der Waals surface area contributed by atoms with E-state index in [2.05, 4.69) is 45.4 Å². The smallest absolute Gasteiger partial charge is 0.0898 e. The van der Waals surface area contributed by atoms with Crippen molar-refractivity contribution in [1.82, 2.24) is 20.1 Å². The number of hydrogen-bond acceptors (Lipinski definition) is 4. The number of nitrogens with zero attached hydrogens (tertiary/aromatic N) is 3. The van der Waals surface area contributed by atoms with Gasteiger partial charge in [0.15, 0.2) is 0 Å². The molecule has 2 aromatic heterocycles. The fourth-order valence-corrected chi connectivity index (χ4v) is 2.90. The molecule has 0 fully saturated rings. The molecule has 4 nitrogen and oxygen atoms in total. The highest BCUT2D eigenvalue weighted by molar-refractivity contribution is 7.09. The van der Waals surface area contributed by atoms with E-state index in [1.807, 2.05) is 14.0 Å². The Morgan fingerprint density at radius 3 is 2.74 bits per heavy atom. The minimum atomic E-state index is 0.261. The number of rotatable bonds is 6. The molecule has 2 heterocycles. The molecule has 1 N–H and O–H groups in total.